The number of rotatable bonds is 6. The van der Waals surface area contributed by atoms with Crippen molar-refractivity contribution < 1.29 is 9.47 Å². The minimum atomic E-state index is 0.115. The second-order valence-corrected chi connectivity index (χ2v) is 5.21. The van der Waals surface area contributed by atoms with E-state index in [1.165, 1.54) is 0 Å². The molecule has 1 unspecified atom stereocenters. The zero-order valence-corrected chi connectivity index (χ0v) is 12.3. The maximum absolute atomic E-state index is 5.44. The third kappa shape index (κ3) is 3.64. The molecule has 0 fully saturated rings. The van der Waals surface area contributed by atoms with Crippen LogP contribution >= 0.6 is 0 Å². The Bertz CT molecular complexity index is 388. The first kappa shape index (κ1) is 14.8. The van der Waals surface area contributed by atoms with Crippen LogP contribution < -0.4 is 14.8 Å². The maximum atomic E-state index is 5.44. The molecule has 0 radical (unpaired) electrons. The minimum Gasteiger partial charge on any atom is -0.497 e. The van der Waals surface area contributed by atoms with Crippen LogP contribution in [0.15, 0.2) is 18.2 Å². The molecule has 0 aliphatic carbocycles. The lowest BCUT2D eigenvalue weighted by Gasteiger charge is -2.30. The standard InChI is InChI=1S/C15H25NO2/c1-7-15(3,4)16-11(2)13-9-8-12(17-5)10-14(13)18-6/h8-11,16H,7H2,1-6H3. The number of hydrogen-bond donors (Lipinski definition) is 1. The topological polar surface area (TPSA) is 30.5 Å². The van der Waals surface area contributed by atoms with E-state index in [1.54, 1.807) is 14.2 Å². The molecule has 0 saturated carbocycles. The predicted molar refractivity (Wildman–Crippen MR) is 75.5 cm³/mol. The van der Waals surface area contributed by atoms with Crippen molar-refractivity contribution in [3.05, 3.63) is 23.8 Å². The van der Waals surface area contributed by atoms with E-state index in [0.717, 1.165) is 23.5 Å². The summed E-state index contributed by atoms with van der Waals surface area (Å²) in [7, 11) is 3.35. The summed E-state index contributed by atoms with van der Waals surface area (Å²) in [5.74, 6) is 1.68. The van der Waals surface area contributed by atoms with Gasteiger partial charge in [0.15, 0.2) is 0 Å². The number of benzene rings is 1. The van der Waals surface area contributed by atoms with Crippen molar-refractivity contribution in [1.82, 2.24) is 5.32 Å². The molecule has 0 aliphatic heterocycles. The number of methoxy groups -OCH3 is 2. The molecule has 0 amide bonds. The van der Waals surface area contributed by atoms with Gasteiger partial charge in [0.25, 0.3) is 0 Å². The Hall–Kier alpha value is -1.22. The Kier molecular flexibility index (Phi) is 5.03. The molecule has 18 heavy (non-hydrogen) atoms. The predicted octanol–water partition coefficient (Wildman–Crippen LogP) is 3.54. The van der Waals surface area contributed by atoms with Crippen molar-refractivity contribution in [2.45, 2.75) is 45.7 Å². The minimum absolute atomic E-state index is 0.115. The van der Waals surface area contributed by atoms with E-state index >= 15 is 0 Å². The van der Waals surface area contributed by atoms with Crippen LogP contribution in [0.5, 0.6) is 11.5 Å². The van der Waals surface area contributed by atoms with Crippen LogP contribution in [0.1, 0.15) is 45.7 Å². The van der Waals surface area contributed by atoms with Gasteiger partial charge in [-0.05, 0) is 33.3 Å². The highest BCUT2D eigenvalue weighted by Crippen LogP contribution is 2.30. The van der Waals surface area contributed by atoms with Gasteiger partial charge in [-0.2, -0.15) is 0 Å². The smallest absolute Gasteiger partial charge is 0.127 e. The zero-order chi connectivity index (χ0) is 13.8. The molecular formula is C15H25NO2. The lowest BCUT2D eigenvalue weighted by atomic mass is 9.98. The average molecular weight is 251 g/mol. The fourth-order valence-corrected chi connectivity index (χ4v) is 1.94. The third-order valence-electron chi connectivity index (χ3n) is 3.40. The summed E-state index contributed by atoms with van der Waals surface area (Å²) in [6.45, 7) is 8.76. The van der Waals surface area contributed by atoms with E-state index in [4.69, 9.17) is 9.47 Å². The highest BCUT2D eigenvalue weighted by Gasteiger charge is 2.20. The number of ether oxygens (including phenoxy) is 2. The summed E-state index contributed by atoms with van der Waals surface area (Å²) < 4.78 is 10.7. The van der Waals surface area contributed by atoms with Crippen molar-refractivity contribution in [3.63, 3.8) is 0 Å². The lowest BCUT2D eigenvalue weighted by molar-refractivity contribution is 0.328. The molecule has 1 atom stereocenters. The van der Waals surface area contributed by atoms with E-state index in [2.05, 4.69) is 39.1 Å². The van der Waals surface area contributed by atoms with Crippen LogP contribution in [-0.2, 0) is 0 Å². The van der Waals surface area contributed by atoms with Gasteiger partial charge in [0.1, 0.15) is 11.5 Å². The maximum Gasteiger partial charge on any atom is 0.127 e. The molecule has 3 heteroatoms. The van der Waals surface area contributed by atoms with Crippen LogP contribution in [-0.4, -0.2) is 19.8 Å². The zero-order valence-electron chi connectivity index (χ0n) is 12.3. The van der Waals surface area contributed by atoms with Gasteiger partial charge in [-0.25, -0.2) is 0 Å². The van der Waals surface area contributed by atoms with Gasteiger partial charge in [0.2, 0.25) is 0 Å². The van der Waals surface area contributed by atoms with Crippen molar-refractivity contribution in [2.24, 2.45) is 0 Å². The van der Waals surface area contributed by atoms with Crippen molar-refractivity contribution in [2.75, 3.05) is 14.2 Å². The quantitative estimate of drug-likeness (QED) is 0.838. The summed E-state index contributed by atoms with van der Waals surface area (Å²) in [4.78, 5) is 0. The molecule has 1 aromatic rings. The monoisotopic (exact) mass is 251 g/mol. The summed E-state index contributed by atoms with van der Waals surface area (Å²) in [6, 6.07) is 6.18. The van der Waals surface area contributed by atoms with Gasteiger partial charge in [0, 0.05) is 23.2 Å². The molecule has 1 aromatic carbocycles. The molecule has 3 nitrogen and oxygen atoms in total. The van der Waals surface area contributed by atoms with Gasteiger partial charge in [0.05, 0.1) is 14.2 Å². The number of hydrogen-bond acceptors (Lipinski definition) is 3. The first-order chi connectivity index (χ1) is 8.43. The largest absolute Gasteiger partial charge is 0.497 e. The van der Waals surface area contributed by atoms with Crippen LogP contribution in [0.3, 0.4) is 0 Å². The fourth-order valence-electron chi connectivity index (χ4n) is 1.94. The Labute approximate surface area is 110 Å². The highest BCUT2D eigenvalue weighted by atomic mass is 16.5. The lowest BCUT2D eigenvalue weighted by Crippen LogP contribution is -2.40. The van der Waals surface area contributed by atoms with Crippen LogP contribution in [0.2, 0.25) is 0 Å². The molecule has 0 saturated heterocycles. The summed E-state index contributed by atoms with van der Waals surface area (Å²) in [6.07, 6.45) is 1.08. The molecule has 0 bridgehead atoms. The van der Waals surface area contributed by atoms with E-state index in [1.807, 2.05) is 12.1 Å². The van der Waals surface area contributed by atoms with E-state index in [0.29, 0.717) is 0 Å². The van der Waals surface area contributed by atoms with Gasteiger partial charge >= 0.3 is 0 Å². The summed E-state index contributed by atoms with van der Waals surface area (Å²) >= 11 is 0. The molecule has 0 aromatic heterocycles. The highest BCUT2D eigenvalue weighted by molar-refractivity contribution is 5.42. The van der Waals surface area contributed by atoms with Crippen LogP contribution in [0, 0.1) is 0 Å². The van der Waals surface area contributed by atoms with E-state index < -0.39 is 0 Å². The van der Waals surface area contributed by atoms with Gasteiger partial charge in [-0.3, -0.25) is 0 Å². The van der Waals surface area contributed by atoms with Crippen molar-refractivity contribution in [3.8, 4) is 11.5 Å². The normalized spacial score (nSPS) is 13.2. The number of nitrogens with one attached hydrogen (secondary N) is 1. The Morgan fingerprint density at radius 1 is 1.22 bits per heavy atom. The van der Waals surface area contributed by atoms with Gasteiger partial charge in [-0.15, -0.1) is 0 Å². The SMILES string of the molecule is CCC(C)(C)NC(C)c1ccc(OC)cc1OC. The molecule has 0 heterocycles. The Morgan fingerprint density at radius 2 is 1.89 bits per heavy atom. The van der Waals surface area contributed by atoms with E-state index in [9.17, 15) is 0 Å². The summed E-state index contributed by atoms with van der Waals surface area (Å²) in [5, 5.41) is 3.61. The molecular weight excluding hydrogens is 226 g/mol. The van der Waals surface area contributed by atoms with Crippen molar-refractivity contribution in [1.29, 1.82) is 0 Å². The Morgan fingerprint density at radius 3 is 2.39 bits per heavy atom. The van der Waals surface area contributed by atoms with Crippen LogP contribution in [0.4, 0.5) is 0 Å². The average Bonchev–Trinajstić information content (AvgIpc) is 2.37. The summed E-state index contributed by atoms with van der Waals surface area (Å²) in [5.41, 5.74) is 1.27. The first-order valence-corrected chi connectivity index (χ1v) is 6.43. The first-order valence-electron chi connectivity index (χ1n) is 6.43. The molecule has 0 aliphatic rings. The van der Waals surface area contributed by atoms with Crippen molar-refractivity contribution >= 4 is 0 Å². The Balaban J connectivity index is 2.94. The molecule has 0 spiro atoms. The second kappa shape index (κ2) is 6.10. The molecule has 1 N–H and O–H groups in total. The molecule has 1 rings (SSSR count). The van der Waals surface area contributed by atoms with Crippen LogP contribution in [0.25, 0.3) is 0 Å². The van der Waals surface area contributed by atoms with Gasteiger partial charge in [-0.1, -0.05) is 13.0 Å². The van der Waals surface area contributed by atoms with Gasteiger partial charge < -0.3 is 14.8 Å². The fraction of sp³-hybridized carbons (Fsp3) is 0.600. The molecule has 102 valence electrons. The third-order valence-corrected chi connectivity index (χ3v) is 3.40. The van der Waals surface area contributed by atoms with E-state index in [-0.39, 0.29) is 11.6 Å². The second-order valence-electron chi connectivity index (χ2n) is 5.21.